The molecule has 3 nitrogen and oxygen atoms in total. The minimum absolute atomic E-state index is 0.237. The van der Waals surface area contributed by atoms with Crippen LogP contribution in [0.15, 0.2) is 24.3 Å². The molecule has 1 N–H and O–H groups in total. The van der Waals surface area contributed by atoms with E-state index in [4.69, 9.17) is 9.84 Å². The van der Waals surface area contributed by atoms with Crippen LogP contribution in [0.5, 0.6) is 5.75 Å². The van der Waals surface area contributed by atoms with Gasteiger partial charge in [0.15, 0.2) is 11.9 Å². The van der Waals surface area contributed by atoms with Crippen LogP contribution in [0.2, 0.25) is 0 Å². The number of aryl methyl sites for hydroxylation is 1. The highest BCUT2D eigenvalue weighted by Gasteiger charge is 2.24. The van der Waals surface area contributed by atoms with Crippen LogP contribution in [-0.2, 0) is 11.2 Å². The second-order valence-electron chi connectivity index (χ2n) is 3.38. The minimum atomic E-state index is -0.463. The lowest BCUT2D eigenvalue weighted by molar-refractivity contribution is -0.129. The lowest BCUT2D eigenvalue weighted by Crippen LogP contribution is -2.33. The summed E-state index contributed by atoms with van der Waals surface area (Å²) in [5.41, 5.74) is 1.13. The first-order valence-corrected chi connectivity index (χ1v) is 4.69. The normalized spacial score (nSPS) is 19.6. The molecule has 0 radical (unpaired) electrons. The highest BCUT2D eigenvalue weighted by Crippen LogP contribution is 2.27. The van der Waals surface area contributed by atoms with Crippen molar-refractivity contribution < 1.29 is 14.6 Å². The van der Waals surface area contributed by atoms with Gasteiger partial charge in [-0.1, -0.05) is 18.2 Å². The van der Waals surface area contributed by atoms with Gasteiger partial charge >= 0.3 is 0 Å². The SMILES string of the molecule is O=C(CO)C1CCc2ccccc2O1. The number of benzene rings is 1. The van der Waals surface area contributed by atoms with Gasteiger partial charge in [0.2, 0.25) is 0 Å². The van der Waals surface area contributed by atoms with Crippen molar-refractivity contribution in [1.29, 1.82) is 0 Å². The molecule has 0 amide bonds. The van der Waals surface area contributed by atoms with Crippen molar-refractivity contribution in [2.45, 2.75) is 18.9 Å². The highest BCUT2D eigenvalue weighted by molar-refractivity contribution is 5.84. The predicted octanol–water partition coefficient (Wildman–Crippen LogP) is 0.942. The molecule has 14 heavy (non-hydrogen) atoms. The second-order valence-corrected chi connectivity index (χ2v) is 3.38. The number of aliphatic hydroxyl groups is 1. The topological polar surface area (TPSA) is 46.5 Å². The summed E-state index contributed by atoms with van der Waals surface area (Å²) in [6.45, 7) is -0.438. The summed E-state index contributed by atoms with van der Waals surface area (Å²) in [4.78, 5) is 11.2. The summed E-state index contributed by atoms with van der Waals surface area (Å²) >= 11 is 0. The fraction of sp³-hybridized carbons (Fsp3) is 0.364. The Morgan fingerprint density at radius 3 is 3.07 bits per heavy atom. The Hall–Kier alpha value is -1.35. The average molecular weight is 192 g/mol. The van der Waals surface area contributed by atoms with Crippen molar-refractivity contribution in [1.82, 2.24) is 0 Å². The maximum Gasteiger partial charge on any atom is 0.198 e. The third-order valence-corrected chi connectivity index (χ3v) is 2.43. The third-order valence-electron chi connectivity index (χ3n) is 2.43. The van der Waals surface area contributed by atoms with Crippen LogP contribution < -0.4 is 4.74 Å². The molecule has 2 rings (SSSR count). The van der Waals surface area contributed by atoms with Crippen LogP contribution in [0.1, 0.15) is 12.0 Å². The molecule has 1 heterocycles. The van der Waals surface area contributed by atoms with E-state index >= 15 is 0 Å². The van der Waals surface area contributed by atoms with Gasteiger partial charge < -0.3 is 9.84 Å². The van der Waals surface area contributed by atoms with Gasteiger partial charge in [-0.25, -0.2) is 0 Å². The largest absolute Gasteiger partial charge is 0.482 e. The fourth-order valence-corrected chi connectivity index (χ4v) is 1.65. The lowest BCUT2D eigenvalue weighted by atomic mass is 10.0. The monoisotopic (exact) mass is 192 g/mol. The first-order chi connectivity index (χ1) is 6.81. The Morgan fingerprint density at radius 1 is 1.50 bits per heavy atom. The molecule has 1 aliphatic heterocycles. The molecule has 0 fully saturated rings. The fourth-order valence-electron chi connectivity index (χ4n) is 1.65. The number of carbonyl (C=O) groups is 1. The van der Waals surface area contributed by atoms with Crippen LogP contribution in [0.4, 0.5) is 0 Å². The minimum Gasteiger partial charge on any atom is -0.482 e. The molecular weight excluding hydrogens is 180 g/mol. The van der Waals surface area contributed by atoms with Gasteiger partial charge in [0.25, 0.3) is 0 Å². The number of hydrogen-bond donors (Lipinski definition) is 1. The molecule has 1 unspecified atom stereocenters. The van der Waals surface area contributed by atoms with Crippen LogP contribution in [-0.4, -0.2) is 23.6 Å². The van der Waals surface area contributed by atoms with Gasteiger partial charge in [-0.15, -0.1) is 0 Å². The van der Waals surface area contributed by atoms with E-state index in [2.05, 4.69) is 0 Å². The highest BCUT2D eigenvalue weighted by atomic mass is 16.5. The van der Waals surface area contributed by atoms with Crippen LogP contribution >= 0.6 is 0 Å². The average Bonchev–Trinajstić information content (AvgIpc) is 2.27. The Balaban J connectivity index is 2.17. The van der Waals surface area contributed by atoms with Gasteiger partial charge in [-0.05, 0) is 24.5 Å². The molecule has 0 spiro atoms. The van der Waals surface area contributed by atoms with Crippen LogP contribution in [0.3, 0.4) is 0 Å². The first kappa shape index (κ1) is 9.21. The maximum absolute atomic E-state index is 11.2. The Morgan fingerprint density at radius 2 is 2.29 bits per heavy atom. The number of aliphatic hydroxyl groups excluding tert-OH is 1. The zero-order valence-corrected chi connectivity index (χ0v) is 7.77. The quantitative estimate of drug-likeness (QED) is 0.758. The van der Waals surface area contributed by atoms with Crippen molar-refractivity contribution in [3.63, 3.8) is 0 Å². The second kappa shape index (κ2) is 3.80. The smallest absolute Gasteiger partial charge is 0.198 e. The number of carbonyl (C=O) groups excluding carboxylic acids is 1. The zero-order valence-electron chi connectivity index (χ0n) is 7.77. The lowest BCUT2D eigenvalue weighted by Gasteiger charge is -2.24. The Bertz CT molecular complexity index is 346. The van der Waals surface area contributed by atoms with Gasteiger partial charge in [0.05, 0.1) is 0 Å². The Kier molecular flexibility index (Phi) is 2.50. The van der Waals surface area contributed by atoms with Gasteiger partial charge in [0.1, 0.15) is 12.4 Å². The van der Waals surface area contributed by atoms with E-state index in [1.54, 1.807) is 0 Å². The van der Waals surface area contributed by atoms with E-state index in [0.29, 0.717) is 6.42 Å². The van der Waals surface area contributed by atoms with Crippen molar-refractivity contribution >= 4 is 5.78 Å². The predicted molar refractivity (Wildman–Crippen MR) is 51.3 cm³/mol. The molecule has 3 heteroatoms. The molecule has 0 saturated heterocycles. The van der Waals surface area contributed by atoms with Crippen molar-refractivity contribution in [3.05, 3.63) is 29.8 Å². The number of fused-ring (bicyclic) bond motifs is 1. The first-order valence-electron chi connectivity index (χ1n) is 4.69. The number of Topliss-reactive ketones (excluding diaryl/α,β-unsaturated/α-hetero) is 1. The molecule has 0 bridgehead atoms. The summed E-state index contributed by atoms with van der Waals surface area (Å²) in [6.07, 6.45) is 1.04. The van der Waals surface area contributed by atoms with Crippen LogP contribution in [0.25, 0.3) is 0 Å². The third kappa shape index (κ3) is 1.63. The number of ketones is 1. The standard InChI is InChI=1S/C11H12O3/c12-7-9(13)11-6-5-8-3-1-2-4-10(8)14-11/h1-4,11-12H,5-7H2. The summed E-state index contributed by atoms with van der Waals surface area (Å²) in [5, 5.41) is 8.71. The van der Waals surface area contributed by atoms with E-state index in [0.717, 1.165) is 17.7 Å². The summed E-state index contributed by atoms with van der Waals surface area (Å²) < 4.78 is 5.48. The molecule has 0 saturated carbocycles. The molecule has 0 aromatic heterocycles. The van der Waals surface area contributed by atoms with E-state index in [1.807, 2.05) is 24.3 Å². The molecule has 1 aliphatic rings. The molecular formula is C11H12O3. The van der Waals surface area contributed by atoms with Crippen LogP contribution in [0, 0.1) is 0 Å². The van der Waals surface area contributed by atoms with E-state index in [-0.39, 0.29) is 5.78 Å². The van der Waals surface area contributed by atoms with E-state index in [9.17, 15) is 4.79 Å². The number of rotatable bonds is 2. The summed E-state index contributed by atoms with van der Waals surface area (Å²) in [6, 6.07) is 7.68. The zero-order chi connectivity index (χ0) is 9.97. The van der Waals surface area contributed by atoms with Gasteiger partial charge in [0, 0.05) is 0 Å². The maximum atomic E-state index is 11.2. The van der Waals surface area contributed by atoms with Gasteiger partial charge in [-0.3, -0.25) is 4.79 Å². The van der Waals surface area contributed by atoms with E-state index in [1.165, 1.54) is 0 Å². The summed E-state index contributed by atoms with van der Waals surface area (Å²) in [7, 11) is 0. The Labute approximate surface area is 82.3 Å². The van der Waals surface area contributed by atoms with Crippen molar-refractivity contribution in [3.8, 4) is 5.75 Å². The molecule has 1 aromatic rings. The molecule has 0 aliphatic carbocycles. The number of ether oxygens (including phenoxy) is 1. The van der Waals surface area contributed by atoms with E-state index < -0.39 is 12.7 Å². The molecule has 74 valence electrons. The van der Waals surface area contributed by atoms with Gasteiger partial charge in [-0.2, -0.15) is 0 Å². The number of hydrogen-bond acceptors (Lipinski definition) is 3. The summed E-state index contributed by atoms with van der Waals surface area (Å²) in [5.74, 6) is 0.532. The molecule has 1 atom stereocenters. The molecule has 1 aromatic carbocycles. The van der Waals surface area contributed by atoms with Crippen molar-refractivity contribution in [2.75, 3.05) is 6.61 Å². The number of para-hydroxylation sites is 1. The van der Waals surface area contributed by atoms with Crippen molar-refractivity contribution in [2.24, 2.45) is 0 Å².